The second-order valence-electron chi connectivity index (χ2n) is 9.79. The standard InChI is InChI=1S/C15H17NO.C12H16N2O4S/c1-2-4-15-13(3-1)12(10-17-15)6-8-16-7-5-11-9-14(11)16;1-9(16)14-6-5-11-10(7-14)3-2-4-12(11)19(17,18)13-8-15/h1-4,10-11,14H,5-9H2;2-4,13,15H,5-8H2,1H3. The maximum atomic E-state index is 12.0. The van der Waals surface area contributed by atoms with Gasteiger partial charge in [-0.15, -0.1) is 0 Å². The maximum Gasteiger partial charge on any atom is 0.242 e. The Bertz CT molecular complexity index is 1350. The van der Waals surface area contributed by atoms with Gasteiger partial charge in [-0.25, -0.2) is 8.42 Å². The Kier molecular flexibility index (Phi) is 7.16. The van der Waals surface area contributed by atoms with Crippen molar-refractivity contribution < 1.29 is 22.7 Å². The number of carbonyl (C=O) groups excluding carboxylic acids is 1. The molecule has 192 valence electrons. The lowest BCUT2D eigenvalue weighted by molar-refractivity contribution is -0.129. The quantitative estimate of drug-likeness (QED) is 0.494. The van der Waals surface area contributed by atoms with E-state index in [-0.39, 0.29) is 10.8 Å². The largest absolute Gasteiger partial charge is 0.464 e. The van der Waals surface area contributed by atoms with Crippen molar-refractivity contribution in [2.45, 2.75) is 50.1 Å². The molecule has 3 heterocycles. The number of carbonyl (C=O) groups is 1. The number of para-hydroxylation sites is 1. The number of aliphatic hydroxyl groups is 1. The van der Waals surface area contributed by atoms with E-state index in [0.717, 1.165) is 35.1 Å². The van der Waals surface area contributed by atoms with Gasteiger partial charge in [-0.3, -0.25) is 9.69 Å². The molecule has 1 saturated carbocycles. The number of nitrogens with zero attached hydrogens (tertiary/aromatic N) is 2. The van der Waals surface area contributed by atoms with Crippen LogP contribution in [0.1, 0.15) is 36.5 Å². The molecule has 36 heavy (non-hydrogen) atoms. The summed E-state index contributed by atoms with van der Waals surface area (Å²) in [5.74, 6) is 1.02. The van der Waals surface area contributed by atoms with E-state index < -0.39 is 16.8 Å². The van der Waals surface area contributed by atoms with Crippen LogP contribution < -0.4 is 4.72 Å². The van der Waals surface area contributed by atoms with Crippen molar-refractivity contribution in [2.75, 3.05) is 26.4 Å². The van der Waals surface area contributed by atoms with Crippen molar-refractivity contribution in [3.8, 4) is 0 Å². The molecule has 0 bridgehead atoms. The first-order valence-electron chi connectivity index (χ1n) is 12.5. The average molecular weight is 512 g/mol. The smallest absolute Gasteiger partial charge is 0.242 e. The first-order valence-corrected chi connectivity index (χ1v) is 14.0. The lowest BCUT2D eigenvalue weighted by atomic mass is 10.00. The summed E-state index contributed by atoms with van der Waals surface area (Å²) in [7, 11) is -3.69. The summed E-state index contributed by atoms with van der Waals surface area (Å²) in [6, 6.07) is 14.2. The van der Waals surface area contributed by atoms with E-state index in [4.69, 9.17) is 9.52 Å². The van der Waals surface area contributed by atoms with E-state index in [9.17, 15) is 13.2 Å². The Morgan fingerprint density at radius 3 is 2.72 bits per heavy atom. The average Bonchev–Trinajstić information content (AvgIpc) is 3.36. The summed E-state index contributed by atoms with van der Waals surface area (Å²) in [5.41, 5.74) is 3.95. The summed E-state index contributed by atoms with van der Waals surface area (Å²) in [6.07, 6.45) is 6.44. The van der Waals surface area contributed by atoms with Gasteiger partial charge in [-0.1, -0.05) is 30.3 Å². The third kappa shape index (κ3) is 5.20. The van der Waals surface area contributed by atoms with Gasteiger partial charge < -0.3 is 14.4 Å². The summed E-state index contributed by atoms with van der Waals surface area (Å²) in [4.78, 5) is 15.9. The number of nitrogens with one attached hydrogen (secondary N) is 1. The van der Waals surface area contributed by atoms with Gasteiger partial charge >= 0.3 is 0 Å². The van der Waals surface area contributed by atoms with Gasteiger partial charge in [-0.2, -0.15) is 4.72 Å². The molecule has 2 aromatic carbocycles. The van der Waals surface area contributed by atoms with Gasteiger partial charge in [0.15, 0.2) is 0 Å². The number of aliphatic hydroxyl groups excluding tert-OH is 1. The van der Waals surface area contributed by atoms with E-state index in [1.165, 1.54) is 49.9 Å². The molecule has 1 aliphatic carbocycles. The van der Waals surface area contributed by atoms with Crippen LogP contribution in [0.25, 0.3) is 11.0 Å². The maximum absolute atomic E-state index is 12.0. The first kappa shape index (κ1) is 25.0. The van der Waals surface area contributed by atoms with E-state index in [1.54, 1.807) is 11.0 Å². The van der Waals surface area contributed by atoms with Crippen molar-refractivity contribution in [1.82, 2.24) is 14.5 Å². The van der Waals surface area contributed by atoms with E-state index in [0.29, 0.717) is 19.5 Å². The van der Waals surface area contributed by atoms with Gasteiger partial charge in [-0.05, 0) is 67.0 Å². The minimum Gasteiger partial charge on any atom is -0.464 e. The molecule has 1 amide bonds. The molecule has 1 aromatic heterocycles. The Morgan fingerprint density at radius 2 is 2.00 bits per heavy atom. The topological polar surface area (TPSA) is 103 Å². The molecule has 2 N–H and O–H groups in total. The summed E-state index contributed by atoms with van der Waals surface area (Å²) in [6.45, 7) is 4.31. The molecule has 2 aliphatic heterocycles. The van der Waals surface area contributed by atoms with Crippen LogP contribution >= 0.6 is 0 Å². The molecule has 0 radical (unpaired) electrons. The highest BCUT2D eigenvalue weighted by molar-refractivity contribution is 7.89. The first-order chi connectivity index (χ1) is 17.4. The van der Waals surface area contributed by atoms with Crippen LogP contribution in [0.2, 0.25) is 0 Å². The Morgan fingerprint density at radius 1 is 1.17 bits per heavy atom. The highest BCUT2D eigenvalue weighted by atomic mass is 32.2. The summed E-state index contributed by atoms with van der Waals surface area (Å²) >= 11 is 0. The summed E-state index contributed by atoms with van der Waals surface area (Å²) < 4.78 is 31.6. The number of fused-ring (bicyclic) bond motifs is 3. The number of rotatable bonds is 6. The van der Waals surface area contributed by atoms with Crippen LogP contribution in [0, 0.1) is 5.92 Å². The normalized spacial score (nSPS) is 21.0. The van der Waals surface area contributed by atoms with Crippen molar-refractivity contribution >= 4 is 26.9 Å². The summed E-state index contributed by atoms with van der Waals surface area (Å²) in [5, 5.41) is 10.0. The fourth-order valence-electron chi connectivity index (χ4n) is 5.51. The highest BCUT2D eigenvalue weighted by Gasteiger charge is 2.46. The van der Waals surface area contributed by atoms with E-state index in [2.05, 4.69) is 21.8 Å². The van der Waals surface area contributed by atoms with Gasteiger partial charge in [0.2, 0.25) is 15.9 Å². The van der Waals surface area contributed by atoms with Crippen LogP contribution in [0.15, 0.2) is 58.0 Å². The van der Waals surface area contributed by atoms with Crippen molar-refractivity contribution in [3.63, 3.8) is 0 Å². The van der Waals surface area contributed by atoms with Crippen LogP contribution in [0.5, 0.6) is 0 Å². The Hall–Kier alpha value is -2.72. The van der Waals surface area contributed by atoms with Crippen molar-refractivity contribution in [1.29, 1.82) is 0 Å². The second-order valence-corrected chi connectivity index (χ2v) is 11.5. The number of sulfonamides is 1. The monoisotopic (exact) mass is 511 g/mol. The molecular formula is C27H33N3O5S. The molecule has 0 spiro atoms. The van der Waals surface area contributed by atoms with Gasteiger partial charge in [0.1, 0.15) is 12.3 Å². The number of likely N-dealkylation sites (tertiary alicyclic amines) is 1. The zero-order chi connectivity index (χ0) is 25.3. The Balaban J connectivity index is 0.000000149. The fraction of sp³-hybridized carbons (Fsp3) is 0.444. The lowest BCUT2D eigenvalue weighted by Crippen LogP contribution is -2.35. The second kappa shape index (κ2) is 10.3. The molecule has 9 heteroatoms. The molecule has 1 saturated heterocycles. The predicted molar refractivity (Wildman–Crippen MR) is 137 cm³/mol. The highest BCUT2D eigenvalue weighted by Crippen LogP contribution is 2.44. The predicted octanol–water partition coefficient (Wildman–Crippen LogP) is 2.89. The number of hydrogen-bond acceptors (Lipinski definition) is 6. The molecule has 2 fully saturated rings. The molecule has 2 unspecified atom stereocenters. The van der Waals surface area contributed by atoms with Crippen LogP contribution in [-0.2, 0) is 34.2 Å². The number of furan rings is 1. The zero-order valence-electron chi connectivity index (χ0n) is 20.5. The third-order valence-corrected chi connectivity index (χ3v) is 9.05. The molecule has 6 rings (SSSR count). The van der Waals surface area contributed by atoms with Crippen LogP contribution in [0.3, 0.4) is 0 Å². The molecule has 3 aliphatic rings. The number of piperidine rings is 1. The van der Waals surface area contributed by atoms with Gasteiger partial charge in [0.05, 0.1) is 11.2 Å². The third-order valence-electron chi connectivity index (χ3n) is 7.58. The fourth-order valence-corrected chi connectivity index (χ4v) is 6.65. The molecule has 8 nitrogen and oxygen atoms in total. The number of amides is 1. The van der Waals surface area contributed by atoms with Crippen LogP contribution in [-0.4, -0.2) is 61.6 Å². The molecule has 2 atom stereocenters. The number of benzene rings is 2. The van der Waals surface area contributed by atoms with Crippen molar-refractivity contribution in [3.05, 3.63) is 65.4 Å². The molecular weight excluding hydrogens is 478 g/mol. The zero-order valence-corrected chi connectivity index (χ0v) is 21.3. The minimum atomic E-state index is -3.69. The SMILES string of the molecule is CC(=O)N1CCc2c(cccc2S(=O)(=O)NCO)C1.c1ccc2c(CCN3CCC4CC43)coc2c1. The minimum absolute atomic E-state index is 0.0209. The Labute approximate surface area is 211 Å². The van der Waals surface area contributed by atoms with E-state index in [1.807, 2.05) is 24.5 Å². The lowest BCUT2D eigenvalue weighted by Gasteiger charge is -2.29. The van der Waals surface area contributed by atoms with Gasteiger partial charge in [0.25, 0.3) is 0 Å². The van der Waals surface area contributed by atoms with Gasteiger partial charge in [0, 0.05) is 38.0 Å². The van der Waals surface area contributed by atoms with Crippen molar-refractivity contribution in [2.24, 2.45) is 5.92 Å². The molecule has 3 aromatic rings. The number of hydrogen-bond donors (Lipinski definition) is 2. The van der Waals surface area contributed by atoms with Crippen LogP contribution in [0.4, 0.5) is 0 Å². The van der Waals surface area contributed by atoms with E-state index >= 15 is 0 Å².